The zero-order valence-electron chi connectivity index (χ0n) is 22.7. The van der Waals surface area contributed by atoms with Crippen molar-refractivity contribution in [1.29, 1.82) is 0 Å². The van der Waals surface area contributed by atoms with E-state index in [1.165, 1.54) is 77.5 Å². The first-order valence-corrected chi connectivity index (χ1v) is 13.1. The summed E-state index contributed by atoms with van der Waals surface area (Å²) in [7, 11) is 0. The Morgan fingerprint density at radius 2 is 1.31 bits per heavy atom. The summed E-state index contributed by atoms with van der Waals surface area (Å²) in [5.74, 6) is 0. The van der Waals surface area contributed by atoms with Crippen LogP contribution in [0.3, 0.4) is 0 Å². The molecule has 0 bridgehead atoms. The minimum atomic E-state index is 1.15. The lowest BCUT2D eigenvalue weighted by Gasteiger charge is -2.11. The average Bonchev–Trinajstić information content (AvgIpc) is 2.90. The summed E-state index contributed by atoms with van der Waals surface area (Å²) in [6.45, 7) is 18.6. The van der Waals surface area contributed by atoms with Crippen LogP contribution in [0.25, 0.3) is 17.7 Å². The molecule has 0 saturated heterocycles. The van der Waals surface area contributed by atoms with E-state index in [0.717, 1.165) is 6.42 Å². The van der Waals surface area contributed by atoms with Crippen molar-refractivity contribution < 1.29 is 0 Å². The van der Waals surface area contributed by atoms with Crippen molar-refractivity contribution in [3.8, 4) is 0 Å². The Labute approximate surface area is 216 Å². The lowest BCUT2D eigenvalue weighted by atomic mass is 9.94. The molecule has 0 saturated carbocycles. The van der Waals surface area contributed by atoms with E-state index in [1.54, 1.807) is 0 Å². The molecule has 3 aromatic carbocycles. The Hall–Kier alpha value is -3.12. The molecule has 0 amide bonds. The standard InChI is InChI=1S/C20H24.C13H18.C2H4/c1-4-5-9-19(20-10-7-6-8-17(20)3)15-18-13-11-16(2)12-14-18;1-3-5-6-7-13-10-8-12(4-2)9-11-13;1-2/h6-8,10-15H,4-5,9H2,1-3H3;4,8-11H,2-3,5-7H2,1H3;1-2H2/b19-15+;;. The molecule has 0 radical (unpaired) electrons. The molecule has 186 valence electrons. The van der Waals surface area contributed by atoms with Gasteiger partial charge < -0.3 is 0 Å². The molecule has 0 spiro atoms. The normalized spacial score (nSPS) is 10.5. The molecule has 0 heteroatoms. The summed E-state index contributed by atoms with van der Waals surface area (Å²) in [4.78, 5) is 0. The van der Waals surface area contributed by atoms with Crippen molar-refractivity contribution in [2.24, 2.45) is 0 Å². The van der Waals surface area contributed by atoms with E-state index in [1.807, 2.05) is 6.08 Å². The SMILES string of the molecule is C=C.C=Cc1ccc(CCCCC)cc1.CCCC/C(=C\c1ccc(C)cc1)c1ccccc1C. The molecular weight excluding hydrogens is 420 g/mol. The summed E-state index contributed by atoms with van der Waals surface area (Å²) < 4.78 is 0. The third-order valence-corrected chi connectivity index (χ3v) is 5.99. The van der Waals surface area contributed by atoms with Crippen LogP contribution in [-0.4, -0.2) is 0 Å². The van der Waals surface area contributed by atoms with E-state index in [-0.39, 0.29) is 0 Å². The second-order valence-corrected chi connectivity index (χ2v) is 8.90. The van der Waals surface area contributed by atoms with Gasteiger partial charge in [-0.25, -0.2) is 0 Å². The van der Waals surface area contributed by atoms with Gasteiger partial charge in [-0.2, -0.15) is 0 Å². The van der Waals surface area contributed by atoms with Crippen molar-refractivity contribution in [2.45, 2.75) is 72.6 Å². The van der Waals surface area contributed by atoms with Gasteiger partial charge in [-0.3, -0.25) is 0 Å². The van der Waals surface area contributed by atoms with Gasteiger partial charge in [0.25, 0.3) is 0 Å². The Kier molecular flexibility index (Phi) is 15.6. The lowest BCUT2D eigenvalue weighted by molar-refractivity contribution is 0.717. The van der Waals surface area contributed by atoms with Crippen LogP contribution in [0, 0.1) is 13.8 Å². The summed E-state index contributed by atoms with van der Waals surface area (Å²) in [5.41, 5.74) is 9.47. The molecule has 0 aromatic heterocycles. The molecule has 0 aliphatic heterocycles. The fourth-order valence-corrected chi connectivity index (χ4v) is 3.85. The maximum Gasteiger partial charge on any atom is -0.0195 e. The van der Waals surface area contributed by atoms with Gasteiger partial charge in [0.05, 0.1) is 0 Å². The molecule has 0 nitrogen and oxygen atoms in total. The van der Waals surface area contributed by atoms with Crippen molar-refractivity contribution in [3.05, 3.63) is 126 Å². The first kappa shape index (κ1) is 29.9. The Balaban J connectivity index is 0.000000354. The second-order valence-electron chi connectivity index (χ2n) is 8.90. The first-order chi connectivity index (χ1) is 17.1. The largest absolute Gasteiger partial charge is 0.106 e. The molecule has 0 N–H and O–H groups in total. The topological polar surface area (TPSA) is 0 Å². The van der Waals surface area contributed by atoms with E-state index in [0.29, 0.717) is 0 Å². The minimum absolute atomic E-state index is 1.15. The van der Waals surface area contributed by atoms with Crippen LogP contribution >= 0.6 is 0 Å². The summed E-state index contributed by atoms with van der Waals surface area (Å²) >= 11 is 0. The molecule has 3 aromatic rings. The Morgan fingerprint density at radius 1 is 0.714 bits per heavy atom. The van der Waals surface area contributed by atoms with Crippen LogP contribution in [0.5, 0.6) is 0 Å². The molecular formula is C35H46. The monoisotopic (exact) mass is 466 g/mol. The van der Waals surface area contributed by atoms with E-state index in [9.17, 15) is 0 Å². The van der Waals surface area contributed by atoms with E-state index in [4.69, 9.17) is 0 Å². The van der Waals surface area contributed by atoms with Crippen LogP contribution in [0.15, 0.2) is 92.5 Å². The Morgan fingerprint density at radius 3 is 1.89 bits per heavy atom. The summed E-state index contributed by atoms with van der Waals surface area (Å²) in [6.07, 6.45) is 13.0. The van der Waals surface area contributed by atoms with Crippen molar-refractivity contribution in [2.75, 3.05) is 0 Å². The highest BCUT2D eigenvalue weighted by molar-refractivity contribution is 5.82. The number of unbranched alkanes of at least 4 members (excludes halogenated alkanes) is 3. The van der Waals surface area contributed by atoms with Crippen LogP contribution in [0.4, 0.5) is 0 Å². The zero-order valence-corrected chi connectivity index (χ0v) is 22.7. The first-order valence-electron chi connectivity index (χ1n) is 13.1. The summed E-state index contributed by atoms with van der Waals surface area (Å²) in [6, 6.07) is 26.1. The fourth-order valence-electron chi connectivity index (χ4n) is 3.85. The maximum atomic E-state index is 3.74. The number of rotatable bonds is 10. The van der Waals surface area contributed by atoms with E-state index >= 15 is 0 Å². The van der Waals surface area contributed by atoms with Gasteiger partial charge in [0.1, 0.15) is 0 Å². The van der Waals surface area contributed by atoms with Gasteiger partial charge in [-0.05, 0) is 72.9 Å². The smallest absolute Gasteiger partial charge is 0.0195 e. The van der Waals surface area contributed by atoms with Crippen LogP contribution < -0.4 is 0 Å². The predicted octanol–water partition coefficient (Wildman–Crippen LogP) is 10.9. The van der Waals surface area contributed by atoms with Gasteiger partial charge in [-0.1, -0.05) is 130 Å². The highest BCUT2D eigenvalue weighted by atomic mass is 14.1. The molecule has 0 atom stereocenters. The number of aryl methyl sites for hydroxylation is 3. The number of hydrogen-bond donors (Lipinski definition) is 0. The Bertz CT molecular complexity index is 987. The van der Waals surface area contributed by atoms with Gasteiger partial charge in [0.15, 0.2) is 0 Å². The van der Waals surface area contributed by atoms with Gasteiger partial charge in [-0.15, -0.1) is 13.2 Å². The van der Waals surface area contributed by atoms with E-state index < -0.39 is 0 Å². The highest BCUT2D eigenvalue weighted by Gasteiger charge is 2.04. The van der Waals surface area contributed by atoms with Gasteiger partial charge >= 0.3 is 0 Å². The predicted molar refractivity (Wildman–Crippen MR) is 161 cm³/mol. The maximum absolute atomic E-state index is 3.74. The quantitative estimate of drug-likeness (QED) is 0.158. The molecule has 35 heavy (non-hydrogen) atoms. The fraction of sp³-hybridized carbons (Fsp3) is 0.314. The molecule has 0 heterocycles. The van der Waals surface area contributed by atoms with Crippen LogP contribution in [0.1, 0.15) is 85.8 Å². The molecule has 0 aliphatic rings. The van der Waals surface area contributed by atoms with Gasteiger partial charge in [0.2, 0.25) is 0 Å². The third-order valence-electron chi connectivity index (χ3n) is 5.99. The second kappa shape index (κ2) is 18.2. The number of hydrogen-bond acceptors (Lipinski definition) is 0. The average molecular weight is 467 g/mol. The van der Waals surface area contributed by atoms with Crippen molar-refractivity contribution in [3.63, 3.8) is 0 Å². The lowest BCUT2D eigenvalue weighted by Crippen LogP contribution is -1.90. The molecule has 0 fully saturated rings. The molecule has 0 aliphatic carbocycles. The minimum Gasteiger partial charge on any atom is -0.106 e. The van der Waals surface area contributed by atoms with Crippen LogP contribution in [0.2, 0.25) is 0 Å². The third kappa shape index (κ3) is 11.7. The van der Waals surface area contributed by atoms with Crippen molar-refractivity contribution in [1.82, 2.24) is 0 Å². The van der Waals surface area contributed by atoms with Crippen molar-refractivity contribution >= 4 is 17.7 Å². The molecule has 0 unspecified atom stereocenters. The van der Waals surface area contributed by atoms with Gasteiger partial charge in [0, 0.05) is 0 Å². The van der Waals surface area contributed by atoms with Crippen LogP contribution in [-0.2, 0) is 6.42 Å². The number of benzene rings is 3. The summed E-state index contributed by atoms with van der Waals surface area (Å²) in [5, 5.41) is 0. The highest BCUT2D eigenvalue weighted by Crippen LogP contribution is 2.26. The number of allylic oxidation sites excluding steroid dienone is 1. The molecule has 3 rings (SSSR count). The zero-order chi connectivity index (χ0) is 25.9. The van der Waals surface area contributed by atoms with E-state index in [2.05, 4.69) is 126 Å².